The highest BCUT2D eigenvalue weighted by Gasteiger charge is 2.34. The Balaban J connectivity index is 1.96. The molecule has 2 heterocycles. The highest BCUT2D eigenvalue weighted by molar-refractivity contribution is 5.75. The van der Waals surface area contributed by atoms with E-state index >= 15 is 0 Å². The Kier molecular flexibility index (Phi) is 4.97. The summed E-state index contributed by atoms with van der Waals surface area (Å²) in [6.45, 7) is 12.4. The molecule has 0 spiro atoms. The number of carbonyl (C=O) groups excluding carboxylic acids is 2. The van der Waals surface area contributed by atoms with Crippen LogP contribution in [-0.2, 0) is 9.47 Å². The summed E-state index contributed by atoms with van der Waals surface area (Å²) in [6, 6.07) is 0. The van der Waals surface area contributed by atoms with Crippen LogP contribution in [-0.4, -0.2) is 46.3 Å². The van der Waals surface area contributed by atoms with Gasteiger partial charge in [0, 0.05) is 12.4 Å². The molecule has 0 saturated heterocycles. The Bertz CT molecular complexity index is 538. The number of carbonyl (C=O) groups is 2. The van der Waals surface area contributed by atoms with E-state index in [0.717, 1.165) is 24.0 Å². The van der Waals surface area contributed by atoms with Gasteiger partial charge in [-0.25, -0.2) is 9.59 Å². The average Bonchev–Trinajstić information content (AvgIpc) is 3.05. The second-order valence-electron chi connectivity index (χ2n) is 7.53. The fourth-order valence-corrected chi connectivity index (χ4v) is 2.25. The third-order valence-electron chi connectivity index (χ3n) is 4.62. The highest BCUT2D eigenvalue weighted by Crippen LogP contribution is 2.30. The van der Waals surface area contributed by atoms with Crippen molar-refractivity contribution in [3.05, 3.63) is 23.5 Å². The Labute approximate surface area is 144 Å². The van der Waals surface area contributed by atoms with Crippen LogP contribution in [0.15, 0.2) is 23.5 Å². The number of fused-ring (bicyclic) bond motifs is 1. The van der Waals surface area contributed by atoms with E-state index in [2.05, 4.69) is 0 Å². The van der Waals surface area contributed by atoms with Crippen molar-refractivity contribution >= 4 is 12.2 Å². The number of nitrogens with zero attached hydrogens (tertiary/aromatic N) is 2. The lowest BCUT2D eigenvalue weighted by Gasteiger charge is -2.27. The fraction of sp³-hybridized carbons (Fsp3) is 0.667. The molecule has 0 unspecified atom stereocenters. The zero-order valence-corrected chi connectivity index (χ0v) is 15.5. The van der Waals surface area contributed by atoms with Crippen molar-refractivity contribution in [3.8, 4) is 0 Å². The molecule has 0 saturated carbocycles. The minimum atomic E-state index is -0.483. The van der Waals surface area contributed by atoms with E-state index < -0.39 is 11.2 Å². The van der Waals surface area contributed by atoms with Gasteiger partial charge in [-0.05, 0) is 51.7 Å². The van der Waals surface area contributed by atoms with Gasteiger partial charge in [-0.15, -0.1) is 0 Å². The lowest BCUT2D eigenvalue weighted by atomic mass is 10.1. The first-order valence-electron chi connectivity index (χ1n) is 8.48. The minimum absolute atomic E-state index is 0.356. The smallest absolute Gasteiger partial charge is 0.414 e. The standard InChI is InChI=1S/C18H28N2O4/c1-7-17(3,4)23-15(21)19-9-13-11-20(12-14(13)10-19)16(22)24-18(5,6)8-2/h9,12H,7-8,10-11H2,1-6H3. The number of hydrogen-bond acceptors (Lipinski definition) is 4. The molecule has 6 heteroatoms. The van der Waals surface area contributed by atoms with Crippen LogP contribution in [0.4, 0.5) is 9.59 Å². The van der Waals surface area contributed by atoms with Crippen LogP contribution in [0.5, 0.6) is 0 Å². The first-order chi connectivity index (χ1) is 11.1. The molecule has 2 amide bonds. The highest BCUT2D eigenvalue weighted by atomic mass is 16.6. The molecule has 0 radical (unpaired) electrons. The van der Waals surface area contributed by atoms with Gasteiger partial charge in [-0.2, -0.15) is 0 Å². The summed E-state index contributed by atoms with van der Waals surface area (Å²) in [6.07, 6.45) is 4.31. The van der Waals surface area contributed by atoms with E-state index in [1.807, 2.05) is 41.5 Å². The maximum Gasteiger partial charge on any atom is 0.414 e. The summed E-state index contributed by atoms with van der Waals surface area (Å²) in [7, 11) is 0. The van der Waals surface area contributed by atoms with E-state index in [1.165, 1.54) is 0 Å². The Morgan fingerprint density at radius 3 is 1.50 bits per heavy atom. The van der Waals surface area contributed by atoms with Gasteiger partial charge in [0.15, 0.2) is 0 Å². The van der Waals surface area contributed by atoms with Gasteiger partial charge < -0.3 is 9.47 Å². The topological polar surface area (TPSA) is 59.1 Å². The fourth-order valence-electron chi connectivity index (χ4n) is 2.25. The lowest BCUT2D eigenvalue weighted by Crippen LogP contribution is -2.35. The molecule has 0 atom stereocenters. The van der Waals surface area contributed by atoms with E-state index in [4.69, 9.17) is 9.47 Å². The van der Waals surface area contributed by atoms with Gasteiger partial charge >= 0.3 is 12.2 Å². The third kappa shape index (κ3) is 4.10. The lowest BCUT2D eigenvalue weighted by molar-refractivity contribution is 0.0203. The molecule has 2 aliphatic rings. The van der Waals surface area contributed by atoms with Gasteiger partial charge in [0.1, 0.15) is 11.2 Å². The van der Waals surface area contributed by atoms with Crippen LogP contribution < -0.4 is 0 Å². The first-order valence-corrected chi connectivity index (χ1v) is 8.48. The monoisotopic (exact) mass is 336 g/mol. The summed E-state index contributed by atoms with van der Waals surface area (Å²) in [5, 5.41) is 0. The second kappa shape index (κ2) is 6.49. The Morgan fingerprint density at radius 1 is 0.875 bits per heavy atom. The molecule has 2 aliphatic heterocycles. The van der Waals surface area contributed by atoms with Crippen LogP contribution in [0.1, 0.15) is 54.4 Å². The van der Waals surface area contributed by atoms with Gasteiger partial charge in [0.2, 0.25) is 0 Å². The minimum Gasteiger partial charge on any atom is -0.443 e. The van der Waals surface area contributed by atoms with E-state index in [9.17, 15) is 9.59 Å². The molecule has 0 N–H and O–H groups in total. The van der Waals surface area contributed by atoms with Crippen molar-refractivity contribution in [2.24, 2.45) is 0 Å². The summed E-state index contributed by atoms with van der Waals surface area (Å²) in [4.78, 5) is 27.5. The number of ether oxygens (including phenoxy) is 2. The summed E-state index contributed by atoms with van der Waals surface area (Å²) < 4.78 is 11.0. The zero-order chi connectivity index (χ0) is 18.1. The molecular weight excluding hydrogens is 308 g/mol. The predicted octanol–water partition coefficient (Wildman–Crippen LogP) is 4.04. The van der Waals surface area contributed by atoms with Gasteiger partial charge in [-0.1, -0.05) is 13.8 Å². The van der Waals surface area contributed by atoms with Crippen molar-refractivity contribution < 1.29 is 19.1 Å². The van der Waals surface area contributed by atoms with Crippen molar-refractivity contribution in [2.75, 3.05) is 13.1 Å². The average molecular weight is 336 g/mol. The maximum absolute atomic E-state index is 12.2. The molecule has 0 aliphatic carbocycles. The van der Waals surface area contributed by atoms with Crippen LogP contribution >= 0.6 is 0 Å². The Hall–Kier alpha value is -1.98. The predicted molar refractivity (Wildman–Crippen MR) is 91.3 cm³/mol. The van der Waals surface area contributed by atoms with Gasteiger partial charge in [0.25, 0.3) is 0 Å². The van der Waals surface area contributed by atoms with Crippen molar-refractivity contribution in [3.63, 3.8) is 0 Å². The van der Waals surface area contributed by atoms with Crippen LogP contribution in [0, 0.1) is 0 Å². The summed E-state index contributed by atoms with van der Waals surface area (Å²) >= 11 is 0. The second-order valence-corrected chi connectivity index (χ2v) is 7.53. The van der Waals surface area contributed by atoms with Crippen LogP contribution in [0.2, 0.25) is 0 Å². The molecular formula is C18H28N2O4. The van der Waals surface area contributed by atoms with Gasteiger partial charge in [0.05, 0.1) is 13.1 Å². The molecule has 0 aromatic carbocycles. The van der Waals surface area contributed by atoms with Gasteiger partial charge in [-0.3, -0.25) is 9.80 Å². The molecule has 0 aromatic rings. The number of rotatable bonds is 4. The summed E-state index contributed by atoms with van der Waals surface area (Å²) in [5.74, 6) is 0. The largest absolute Gasteiger partial charge is 0.443 e. The SMILES string of the molecule is CCC(C)(C)OC(=O)N1C=C2CN(C(=O)OC(C)(C)CC)C=C2C1. The molecule has 0 fully saturated rings. The zero-order valence-electron chi connectivity index (χ0n) is 15.5. The van der Waals surface area contributed by atoms with Crippen molar-refractivity contribution in [2.45, 2.75) is 65.6 Å². The maximum atomic E-state index is 12.2. The molecule has 0 aromatic heterocycles. The number of amides is 2. The first kappa shape index (κ1) is 18.4. The normalized spacial score (nSPS) is 17.4. The van der Waals surface area contributed by atoms with E-state index in [0.29, 0.717) is 13.1 Å². The third-order valence-corrected chi connectivity index (χ3v) is 4.62. The molecule has 24 heavy (non-hydrogen) atoms. The molecule has 6 nitrogen and oxygen atoms in total. The summed E-state index contributed by atoms with van der Waals surface area (Å²) in [5.41, 5.74) is 0.937. The molecule has 0 bridgehead atoms. The number of hydrogen-bond donors (Lipinski definition) is 0. The van der Waals surface area contributed by atoms with Crippen LogP contribution in [0.25, 0.3) is 0 Å². The molecule has 134 valence electrons. The van der Waals surface area contributed by atoms with E-state index in [1.54, 1.807) is 22.2 Å². The molecule has 2 rings (SSSR count). The van der Waals surface area contributed by atoms with E-state index in [-0.39, 0.29) is 12.2 Å². The van der Waals surface area contributed by atoms with Crippen LogP contribution in [0.3, 0.4) is 0 Å². The Morgan fingerprint density at radius 2 is 1.21 bits per heavy atom. The van der Waals surface area contributed by atoms with Crippen molar-refractivity contribution in [1.29, 1.82) is 0 Å². The van der Waals surface area contributed by atoms with Crippen molar-refractivity contribution in [1.82, 2.24) is 9.80 Å². The quantitative estimate of drug-likeness (QED) is 0.777.